The molecule has 1 aromatic carbocycles. The summed E-state index contributed by atoms with van der Waals surface area (Å²) in [5, 5.41) is 10.3. The number of methoxy groups -OCH3 is 1. The van der Waals surface area contributed by atoms with Crippen molar-refractivity contribution in [2.24, 2.45) is 5.92 Å². The zero-order valence-corrected chi connectivity index (χ0v) is 10.5. The van der Waals surface area contributed by atoms with Gasteiger partial charge in [-0.05, 0) is 17.6 Å². The highest BCUT2D eigenvalue weighted by Crippen LogP contribution is 2.36. The van der Waals surface area contributed by atoms with Gasteiger partial charge in [-0.1, -0.05) is 43.3 Å². The predicted molar refractivity (Wildman–Crippen MR) is 69.2 cm³/mol. The minimum Gasteiger partial charge on any atom is -0.511 e. The first kappa shape index (κ1) is 12.4. The van der Waals surface area contributed by atoms with E-state index in [1.165, 1.54) is 7.11 Å². The number of benzene rings is 1. The van der Waals surface area contributed by atoms with Crippen LogP contribution in [0.15, 0.2) is 53.8 Å². The third-order valence-corrected chi connectivity index (χ3v) is 3.23. The average Bonchev–Trinajstić information content (AvgIpc) is 2.39. The van der Waals surface area contributed by atoms with E-state index < -0.39 is 5.97 Å². The third kappa shape index (κ3) is 2.16. The van der Waals surface area contributed by atoms with Crippen molar-refractivity contribution in [3.8, 4) is 0 Å². The molecule has 0 saturated heterocycles. The summed E-state index contributed by atoms with van der Waals surface area (Å²) in [6, 6.07) is 9.67. The van der Waals surface area contributed by atoms with Crippen molar-refractivity contribution in [2.75, 3.05) is 7.11 Å². The van der Waals surface area contributed by atoms with Gasteiger partial charge in [0.2, 0.25) is 0 Å². The minimum atomic E-state index is -0.503. The molecule has 1 N–H and O–H groups in total. The molecule has 0 aromatic heterocycles. The molecule has 0 bridgehead atoms. The highest BCUT2D eigenvalue weighted by molar-refractivity contribution is 5.92. The van der Waals surface area contributed by atoms with Gasteiger partial charge in [0.1, 0.15) is 5.76 Å². The molecule has 2 atom stereocenters. The Hall–Kier alpha value is -2.03. The van der Waals surface area contributed by atoms with Crippen molar-refractivity contribution in [1.29, 1.82) is 0 Å². The van der Waals surface area contributed by atoms with Gasteiger partial charge in [0, 0.05) is 5.92 Å². The van der Waals surface area contributed by atoms with Crippen LogP contribution in [-0.2, 0) is 9.53 Å². The van der Waals surface area contributed by atoms with E-state index in [4.69, 9.17) is 0 Å². The Morgan fingerprint density at radius 2 is 1.94 bits per heavy atom. The van der Waals surface area contributed by atoms with Crippen molar-refractivity contribution in [2.45, 2.75) is 12.8 Å². The van der Waals surface area contributed by atoms with Crippen LogP contribution in [0.25, 0.3) is 0 Å². The summed E-state index contributed by atoms with van der Waals surface area (Å²) in [4.78, 5) is 11.6. The zero-order valence-electron chi connectivity index (χ0n) is 10.5. The van der Waals surface area contributed by atoms with Crippen molar-refractivity contribution < 1.29 is 14.6 Å². The summed E-state index contributed by atoms with van der Waals surface area (Å²) in [6.07, 6.45) is 3.55. The van der Waals surface area contributed by atoms with Crippen LogP contribution in [0, 0.1) is 5.92 Å². The van der Waals surface area contributed by atoms with Crippen molar-refractivity contribution in [3.63, 3.8) is 0 Å². The highest BCUT2D eigenvalue weighted by Gasteiger charge is 2.29. The van der Waals surface area contributed by atoms with E-state index in [0.717, 1.165) is 5.56 Å². The fourth-order valence-electron chi connectivity index (χ4n) is 2.27. The molecule has 18 heavy (non-hydrogen) atoms. The molecular formula is C15H16O3. The maximum absolute atomic E-state index is 11.6. The van der Waals surface area contributed by atoms with Crippen LogP contribution in [0.2, 0.25) is 0 Å². The van der Waals surface area contributed by atoms with Crippen LogP contribution in [0.1, 0.15) is 18.4 Å². The molecule has 0 heterocycles. The number of ether oxygens (including phenoxy) is 1. The molecule has 1 aliphatic carbocycles. The van der Waals surface area contributed by atoms with E-state index in [1.54, 1.807) is 6.08 Å². The zero-order chi connectivity index (χ0) is 13.1. The molecule has 0 spiro atoms. The second-order valence-electron chi connectivity index (χ2n) is 4.40. The van der Waals surface area contributed by atoms with E-state index in [9.17, 15) is 9.90 Å². The van der Waals surface area contributed by atoms with Gasteiger partial charge in [-0.2, -0.15) is 0 Å². The lowest BCUT2D eigenvalue weighted by molar-refractivity contribution is -0.136. The topological polar surface area (TPSA) is 46.5 Å². The Labute approximate surface area is 106 Å². The van der Waals surface area contributed by atoms with Crippen LogP contribution in [-0.4, -0.2) is 18.2 Å². The van der Waals surface area contributed by atoms with Crippen molar-refractivity contribution >= 4 is 5.97 Å². The fourth-order valence-corrected chi connectivity index (χ4v) is 2.27. The second kappa shape index (κ2) is 5.08. The molecule has 0 radical (unpaired) electrons. The van der Waals surface area contributed by atoms with Gasteiger partial charge in [-0.25, -0.2) is 4.79 Å². The van der Waals surface area contributed by atoms with E-state index in [0.29, 0.717) is 0 Å². The summed E-state index contributed by atoms with van der Waals surface area (Å²) in [5.41, 5.74) is 1.23. The number of allylic oxidation sites excluding steroid dienone is 2. The van der Waals surface area contributed by atoms with Crippen LogP contribution < -0.4 is 0 Å². The first-order chi connectivity index (χ1) is 8.65. The number of carbonyl (C=O) groups excluding carboxylic acids is 1. The molecule has 3 heteroatoms. The van der Waals surface area contributed by atoms with Gasteiger partial charge in [-0.15, -0.1) is 0 Å². The van der Waals surface area contributed by atoms with E-state index in [1.807, 2.05) is 43.3 Å². The standard InChI is InChI=1S/C15H16O3/c1-10-8-9-12(15(17)18-2)14(16)13(10)11-6-4-3-5-7-11/h3-10,13,16H,1-2H3/t10-,13+/m1/s1. The molecule has 0 unspecified atom stereocenters. The Kier molecular flexibility index (Phi) is 3.51. The SMILES string of the molecule is COC(=O)C1=C(O)[C@H](c2ccccc2)[C@H](C)C=C1. The maximum Gasteiger partial charge on any atom is 0.341 e. The molecule has 94 valence electrons. The minimum absolute atomic E-state index is 0.0862. The molecule has 0 aliphatic heterocycles. The number of aliphatic hydroxyl groups excluding tert-OH is 1. The van der Waals surface area contributed by atoms with Gasteiger partial charge in [0.25, 0.3) is 0 Å². The van der Waals surface area contributed by atoms with Gasteiger partial charge in [0.15, 0.2) is 0 Å². The summed E-state index contributed by atoms with van der Waals surface area (Å²) in [5.74, 6) is -0.467. The first-order valence-electron chi connectivity index (χ1n) is 5.89. The molecule has 1 aliphatic rings. The smallest absolute Gasteiger partial charge is 0.341 e. The molecular weight excluding hydrogens is 228 g/mol. The molecule has 0 saturated carbocycles. The summed E-state index contributed by atoms with van der Waals surface area (Å²) < 4.78 is 4.67. The van der Waals surface area contributed by atoms with Gasteiger partial charge < -0.3 is 9.84 Å². The van der Waals surface area contributed by atoms with E-state index in [-0.39, 0.29) is 23.2 Å². The largest absolute Gasteiger partial charge is 0.511 e. The van der Waals surface area contributed by atoms with E-state index >= 15 is 0 Å². The average molecular weight is 244 g/mol. The predicted octanol–water partition coefficient (Wildman–Crippen LogP) is 2.96. The Bertz CT molecular complexity index is 500. The Balaban J connectivity index is 2.44. The number of hydrogen-bond donors (Lipinski definition) is 1. The molecule has 0 amide bonds. The summed E-state index contributed by atoms with van der Waals surface area (Å²) in [7, 11) is 1.31. The maximum atomic E-state index is 11.6. The Morgan fingerprint density at radius 1 is 1.28 bits per heavy atom. The third-order valence-electron chi connectivity index (χ3n) is 3.23. The molecule has 0 fully saturated rings. The van der Waals surface area contributed by atoms with Gasteiger partial charge in [-0.3, -0.25) is 0 Å². The normalized spacial score (nSPS) is 23.0. The van der Waals surface area contributed by atoms with Crippen molar-refractivity contribution in [1.82, 2.24) is 0 Å². The summed E-state index contributed by atoms with van der Waals surface area (Å²) in [6.45, 7) is 2.01. The van der Waals surface area contributed by atoms with Gasteiger partial charge >= 0.3 is 5.97 Å². The lowest BCUT2D eigenvalue weighted by atomic mass is 9.80. The van der Waals surface area contributed by atoms with Crippen LogP contribution in [0.3, 0.4) is 0 Å². The number of hydrogen-bond acceptors (Lipinski definition) is 3. The van der Waals surface area contributed by atoms with Crippen LogP contribution >= 0.6 is 0 Å². The highest BCUT2D eigenvalue weighted by atomic mass is 16.5. The van der Waals surface area contributed by atoms with E-state index in [2.05, 4.69) is 4.74 Å². The number of carbonyl (C=O) groups is 1. The van der Waals surface area contributed by atoms with Crippen molar-refractivity contribution in [3.05, 3.63) is 59.4 Å². The molecule has 1 aromatic rings. The van der Waals surface area contributed by atoms with Crippen LogP contribution in [0.5, 0.6) is 0 Å². The summed E-state index contributed by atoms with van der Waals surface area (Å²) >= 11 is 0. The number of rotatable bonds is 2. The first-order valence-corrected chi connectivity index (χ1v) is 5.89. The number of esters is 1. The number of aliphatic hydroxyl groups is 1. The lowest BCUT2D eigenvalue weighted by Crippen LogP contribution is -2.19. The fraction of sp³-hybridized carbons (Fsp3) is 0.267. The monoisotopic (exact) mass is 244 g/mol. The van der Waals surface area contributed by atoms with Gasteiger partial charge in [0.05, 0.1) is 12.7 Å². The second-order valence-corrected chi connectivity index (χ2v) is 4.40. The van der Waals surface area contributed by atoms with Crippen LogP contribution in [0.4, 0.5) is 0 Å². The quantitative estimate of drug-likeness (QED) is 0.813. The molecule has 2 rings (SSSR count). The lowest BCUT2D eigenvalue weighted by Gasteiger charge is -2.26. The Morgan fingerprint density at radius 3 is 2.56 bits per heavy atom. The molecule has 3 nitrogen and oxygen atoms in total.